The van der Waals surface area contributed by atoms with Crippen molar-refractivity contribution in [1.29, 1.82) is 0 Å². The molecule has 1 heterocycles. The van der Waals surface area contributed by atoms with Gasteiger partial charge in [-0.05, 0) is 78.8 Å². The first-order valence-corrected chi connectivity index (χ1v) is 9.64. The van der Waals surface area contributed by atoms with Gasteiger partial charge in [-0.1, -0.05) is 42.5 Å². The fourth-order valence-corrected chi connectivity index (χ4v) is 3.94. The van der Waals surface area contributed by atoms with E-state index in [4.69, 9.17) is 4.74 Å². The van der Waals surface area contributed by atoms with Crippen molar-refractivity contribution < 1.29 is 14.6 Å². The molecule has 4 rings (SSSR count). The van der Waals surface area contributed by atoms with Crippen LogP contribution >= 0.6 is 0 Å². The Bertz CT molecular complexity index is 1040. The average molecular weight is 372 g/mol. The Balaban J connectivity index is 1.59. The molecule has 0 fully saturated rings. The summed E-state index contributed by atoms with van der Waals surface area (Å²) in [5.74, 6) is 0.0237. The highest BCUT2D eigenvalue weighted by atomic mass is 16.5. The molecule has 3 aromatic carbocycles. The lowest BCUT2D eigenvalue weighted by molar-refractivity contribution is 0.0652. The molecule has 28 heavy (non-hydrogen) atoms. The van der Waals surface area contributed by atoms with Crippen LogP contribution in [0.3, 0.4) is 0 Å². The summed E-state index contributed by atoms with van der Waals surface area (Å²) in [5, 5.41) is 9.23. The molecular weight excluding hydrogens is 348 g/mol. The average Bonchev–Trinajstić information content (AvgIpc) is 2.69. The molecule has 1 N–H and O–H groups in total. The van der Waals surface area contributed by atoms with E-state index in [1.165, 1.54) is 16.7 Å². The first-order valence-electron chi connectivity index (χ1n) is 9.64. The molecule has 1 unspecified atom stereocenters. The Hall–Kier alpha value is -3.07. The van der Waals surface area contributed by atoms with E-state index in [1.54, 1.807) is 18.2 Å². The number of hydrogen-bond donors (Lipinski definition) is 1. The van der Waals surface area contributed by atoms with Crippen molar-refractivity contribution in [3.05, 3.63) is 89.0 Å². The summed E-state index contributed by atoms with van der Waals surface area (Å²) >= 11 is 0. The number of ether oxygens (including phenoxy) is 1. The van der Waals surface area contributed by atoms with E-state index < -0.39 is 5.97 Å². The molecule has 3 heteroatoms. The molecule has 0 aromatic heterocycles. The van der Waals surface area contributed by atoms with Crippen molar-refractivity contribution in [2.45, 2.75) is 38.7 Å². The van der Waals surface area contributed by atoms with Gasteiger partial charge in [0.25, 0.3) is 0 Å². The lowest BCUT2D eigenvalue weighted by Crippen LogP contribution is -2.38. The third-order valence-electron chi connectivity index (χ3n) is 5.61. The molecule has 1 atom stereocenters. The Morgan fingerprint density at radius 2 is 1.82 bits per heavy atom. The van der Waals surface area contributed by atoms with Gasteiger partial charge in [0.2, 0.25) is 0 Å². The van der Waals surface area contributed by atoms with Gasteiger partial charge in [0.1, 0.15) is 11.4 Å². The molecule has 0 bridgehead atoms. The molecule has 0 saturated carbocycles. The molecule has 0 saturated heterocycles. The molecule has 0 aliphatic carbocycles. The number of carboxylic acid groups (broad SMARTS) is 1. The van der Waals surface area contributed by atoms with Gasteiger partial charge >= 0.3 is 5.97 Å². The zero-order chi connectivity index (χ0) is 19.7. The summed E-state index contributed by atoms with van der Waals surface area (Å²) in [7, 11) is 0. The molecular formula is C25H24O3. The third-order valence-corrected chi connectivity index (χ3v) is 5.61. The standard InChI is InChI=1S/C25H24O3/c1-17-6-3-4-7-22(17)16-25(2)13-12-20-14-19(10-11-23(20)28-25)18-8-5-9-21(15-18)24(26)27/h3-11,14-15H,12-13,16H2,1-2H3,(H,26,27). The van der Waals surface area contributed by atoms with Gasteiger partial charge in [-0.3, -0.25) is 0 Å². The van der Waals surface area contributed by atoms with Gasteiger partial charge in [0.05, 0.1) is 5.56 Å². The van der Waals surface area contributed by atoms with Crippen LogP contribution in [-0.4, -0.2) is 16.7 Å². The van der Waals surface area contributed by atoms with Crippen LogP contribution in [0.15, 0.2) is 66.7 Å². The molecule has 1 aliphatic heterocycles. The van der Waals surface area contributed by atoms with Crippen molar-refractivity contribution in [3.8, 4) is 16.9 Å². The maximum Gasteiger partial charge on any atom is 0.335 e. The Kier molecular flexibility index (Phi) is 4.68. The second-order valence-electron chi connectivity index (χ2n) is 7.86. The van der Waals surface area contributed by atoms with E-state index in [0.29, 0.717) is 5.56 Å². The topological polar surface area (TPSA) is 46.5 Å². The van der Waals surface area contributed by atoms with Crippen LogP contribution in [0, 0.1) is 6.92 Å². The Morgan fingerprint density at radius 3 is 2.61 bits per heavy atom. The number of hydrogen-bond acceptors (Lipinski definition) is 2. The monoisotopic (exact) mass is 372 g/mol. The number of rotatable bonds is 4. The second kappa shape index (κ2) is 7.16. The van der Waals surface area contributed by atoms with Crippen LogP contribution in [0.25, 0.3) is 11.1 Å². The first kappa shape index (κ1) is 18.3. The summed E-state index contributed by atoms with van der Waals surface area (Å²) in [5.41, 5.74) is 5.83. The van der Waals surface area contributed by atoms with E-state index in [9.17, 15) is 9.90 Å². The molecule has 3 nitrogen and oxygen atoms in total. The lowest BCUT2D eigenvalue weighted by atomic mass is 9.85. The largest absolute Gasteiger partial charge is 0.487 e. The Labute approximate surface area is 165 Å². The Morgan fingerprint density at radius 1 is 1.04 bits per heavy atom. The van der Waals surface area contributed by atoms with Crippen LogP contribution in [0.5, 0.6) is 5.75 Å². The van der Waals surface area contributed by atoms with Crippen LogP contribution in [-0.2, 0) is 12.8 Å². The zero-order valence-corrected chi connectivity index (χ0v) is 16.2. The zero-order valence-electron chi connectivity index (χ0n) is 16.2. The van der Waals surface area contributed by atoms with Gasteiger partial charge in [0, 0.05) is 6.42 Å². The minimum absolute atomic E-state index is 0.218. The minimum Gasteiger partial charge on any atom is -0.487 e. The van der Waals surface area contributed by atoms with E-state index >= 15 is 0 Å². The predicted molar refractivity (Wildman–Crippen MR) is 111 cm³/mol. The van der Waals surface area contributed by atoms with Gasteiger partial charge < -0.3 is 9.84 Å². The van der Waals surface area contributed by atoms with Crippen molar-refractivity contribution in [3.63, 3.8) is 0 Å². The predicted octanol–water partition coefficient (Wildman–Crippen LogP) is 5.69. The van der Waals surface area contributed by atoms with E-state index in [2.05, 4.69) is 44.2 Å². The van der Waals surface area contributed by atoms with Crippen LogP contribution in [0.2, 0.25) is 0 Å². The normalized spacial score (nSPS) is 18.2. The van der Waals surface area contributed by atoms with Crippen molar-refractivity contribution in [2.24, 2.45) is 0 Å². The first-order chi connectivity index (χ1) is 13.4. The summed E-state index contributed by atoms with van der Waals surface area (Å²) in [6.45, 7) is 4.33. The molecule has 0 spiro atoms. The number of carboxylic acids is 1. The second-order valence-corrected chi connectivity index (χ2v) is 7.86. The number of fused-ring (bicyclic) bond motifs is 1. The van der Waals surface area contributed by atoms with Gasteiger partial charge in [-0.15, -0.1) is 0 Å². The highest BCUT2D eigenvalue weighted by Crippen LogP contribution is 2.37. The fraction of sp³-hybridized carbons (Fsp3) is 0.240. The van der Waals surface area contributed by atoms with Crippen LogP contribution < -0.4 is 4.74 Å². The van der Waals surface area contributed by atoms with E-state index in [-0.39, 0.29) is 5.60 Å². The van der Waals surface area contributed by atoms with Crippen LogP contribution in [0.1, 0.15) is 40.4 Å². The van der Waals surface area contributed by atoms with Crippen molar-refractivity contribution in [1.82, 2.24) is 0 Å². The number of benzene rings is 3. The fourth-order valence-electron chi connectivity index (χ4n) is 3.94. The SMILES string of the molecule is Cc1ccccc1CC1(C)CCc2cc(-c3cccc(C(=O)O)c3)ccc2O1. The van der Waals surface area contributed by atoms with E-state index in [0.717, 1.165) is 36.1 Å². The third kappa shape index (κ3) is 3.65. The molecule has 3 aromatic rings. The molecule has 142 valence electrons. The lowest BCUT2D eigenvalue weighted by Gasteiger charge is -2.36. The summed E-state index contributed by atoms with van der Waals surface area (Å²) in [6, 6.07) is 21.7. The summed E-state index contributed by atoms with van der Waals surface area (Å²) < 4.78 is 6.44. The number of carbonyl (C=O) groups is 1. The minimum atomic E-state index is -0.907. The number of aromatic carboxylic acids is 1. The van der Waals surface area contributed by atoms with Crippen molar-refractivity contribution >= 4 is 5.97 Å². The maximum atomic E-state index is 11.2. The molecule has 1 aliphatic rings. The molecule has 0 radical (unpaired) electrons. The highest BCUT2D eigenvalue weighted by molar-refractivity contribution is 5.89. The maximum absolute atomic E-state index is 11.2. The smallest absolute Gasteiger partial charge is 0.335 e. The quantitative estimate of drug-likeness (QED) is 0.640. The van der Waals surface area contributed by atoms with Crippen molar-refractivity contribution in [2.75, 3.05) is 0 Å². The molecule has 0 amide bonds. The van der Waals surface area contributed by atoms with Gasteiger partial charge in [0.15, 0.2) is 0 Å². The highest BCUT2D eigenvalue weighted by Gasteiger charge is 2.32. The van der Waals surface area contributed by atoms with Crippen LogP contribution in [0.4, 0.5) is 0 Å². The summed E-state index contributed by atoms with van der Waals surface area (Å²) in [6.07, 6.45) is 2.79. The summed E-state index contributed by atoms with van der Waals surface area (Å²) in [4.78, 5) is 11.2. The van der Waals surface area contributed by atoms with Gasteiger partial charge in [-0.25, -0.2) is 4.79 Å². The van der Waals surface area contributed by atoms with E-state index in [1.807, 2.05) is 18.2 Å². The number of aryl methyl sites for hydroxylation is 2. The van der Waals surface area contributed by atoms with Gasteiger partial charge in [-0.2, -0.15) is 0 Å².